The number of halogens is 2. The molecule has 1 aromatic carbocycles. The van der Waals surface area contributed by atoms with Crippen LogP contribution >= 0.6 is 11.6 Å². The van der Waals surface area contributed by atoms with Crippen LogP contribution in [0.15, 0.2) is 18.2 Å². The first-order chi connectivity index (χ1) is 7.59. The first kappa shape index (κ1) is 11.8. The van der Waals surface area contributed by atoms with Crippen LogP contribution in [0.1, 0.15) is 18.9 Å². The second-order valence-corrected chi connectivity index (χ2v) is 4.86. The van der Waals surface area contributed by atoms with E-state index in [9.17, 15) is 4.39 Å². The topological polar surface area (TPSA) is 21.3 Å². The number of benzene rings is 1. The van der Waals surface area contributed by atoms with Crippen molar-refractivity contribution < 1.29 is 9.13 Å². The van der Waals surface area contributed by atoms with Crippen molar-refractivity contribution in [1.82, 2.24) is 5.32 Å². The van der Waals surface area contributed by atoms with Gasteiger partial charge in [-0.25, -0.2) is 4.39 Å². The van der Waals surface area contributed by atoms with Gasteiger partial charge in [-0.1, -0.05) is 11.6 Å². The molecule has 0 amide bonds. The van der Waals surface area contributed by atoms with E-state index in [-0.39, 0.29) is 11.4 Å². The monoisotopic (exact) mass is 243 g/mol. The average molecular weight is 244 g/mol. The fourth-order valence-electron chi connectivity index (χ4n) is 1.79. The van der Waals surface area contributed by atoms with Gasteiger partial charge < -0.3 is 10.1 Å². The third-order valence-corrected chi connectivity index (χ3v) is 3.30. The summed E-state index contributed by atoms with van der Waals surface area (Å²) in [7, 11) is 0. The van der Waals surface area contributed by atoms with Gasteiger partial charge in [0.2, 0.25) is 0 Å². The first-order valence-corrected chi connectivity index (χ1v) is 5.74. The van der Waals surface area contributed by atoms with Crippen LogP contribution in [0.2, 0.25) is 5.02 Å². The van der Waals surface area contributed by atoms with Crippen molar-refractivity contribution >= 4 is 11.6 Å². The molecule has 1 heterocycles. The van der Waals surface area contributed by atoms with Gasteiger partial charge in [-0.15, -0.1) is 0 Å². The molecule has 0 saturated carbocycles. The van der Waals surface area contributed by atoms with Crippen LogP contribution in [0, 0.1) is 5.82 Å². The van der Waals surface area contributed by atoms with Crippen LogP contribution in [-0.4, -0.2) is 18.8 Å². The summed E-state index contributed by atoms with van der Waals surface area (Å²) in [6.07, 6.45) is 0.972. The summed E-state index contributed by atoms with van der Waals surface area (Å²) < 4.78 is 18.4. The second-order valence-electron chi connectivity index (χ2n) is 4.45. The van der Waals surface area contributed by atoms with E-state index in [1.807, 2.05) is 0 Å². The molecule has 1 unspecified atom stereocenters. The number of ether oxygens (including phenoxy) is 1. The molecule has 1 aliphatic rings. The summed E-state index contributed by atoms with van der Waals surface area (Å²) >= 11 is 5.99. The zero-order valence-corrected chi connectivity index (χ0v) is 9.98. The zero-order chi connectivity index (χ0) is 11.6. The Labute approximate surface area is 99.7 Å². The quantitative estimate of drug-likeness (QED) is 0.882. The number of hydrogen-bond donors (Lipinski definition) is 1. The van der Waals surface area contributed by atoms with Gasteiger partial charge in [0, 0.05) is 23.7 Å². The molecule has 0 aromatic heterocycles. The Morgan fingerprint density at radius 3 is 3.06 bits per heavy atom. The van der Waals surface area contributed by atoms with Crippen molar-refractivity contribution in [2.24, 2.45) is 0 Å². The molecule has 4 heteroatoms. The van der Waals surface area contributed by atoms with Gasteiger partial charge in [0.25, 0.3) is 0 Å². The molecule has 1 aliphatic heterocycles. The molecule has 1 aromatic rings. The van der Waals surface area contributed by atoms with Crippen LogP contribution in [0.5, 0.6) is 0 Å². The molecule has 0 bridgehead atoms. The van der Waals surface area contributed by atoms with Crippen LogP contribution in [0.4, 0.5) is 4.39 Å². The molecule has 1 atom stereocenters. The largest absolute Gasteiger partial charge is 0.379 e. The van der Waals surface area contributed by atoms with Gasteiger partial charge in [-0.2, -0.15) is 0 Å². The molecule has 2 nitrogen and oxygen atoms in total. The highest BCUT2D eigenvalue weighted by atomic mass is 35.5. The molecule has 1 N–H and O–H groups in total. The smallest absolute Gasteiger partial charge is 0.123 e. The summed E-state index contributed by atoms with van der Waals surface area (Å²) in [5.41, 5.74) is 0.769. The van der Waals surface area contributed by atoms with Gasteiger partial charge in [-0.3, -0.25) is 0 Å². The van der Waals surface area contributed by atoms with E-state index in [2.05, 4.69) is 12.2 Å². The Morgan fingerprint density at radius 1 is 1.56 bits per heavy atom. The van der Waals surface area contributed by atoms with Crippen molar-refractivity contribution in [2.45, 2.75) is 25.4 Å². The number of nitrogens with one attached hydrogen (secondary N) is 1. The fourth-order valence-corrected chi connectivity index (χ4v) is 1.98. The summed E-state index contributed by atoms with van der Waals surface area (Å²) in [6, 6.07) is 4.42. The lowest BCUT2D eigenvalue weighted by Crippen LogP contribution is -2.42. The van der Waals surface area contributed by atoms with Crippen LogP contribution < -0.4 is 5.32 Å². The second kappa shape index (κ2) is 4.70. The van der Waals surface area contributed by atoms with E-state index in [0.717, 1.165) is 18.6 Å². The van der Waals surface area contributed by atoms with E-state index in [0.29, 0.717) is 18.2 Å². The molecular weight excluding hydrogens is 229 g/mol. The lowest BCUT2D eigenvalue weighted by molar-refractivity contribution is 0.171. The van der Waals surface area contributed by atoms with E-state index in [1.54, 1.807) is 6.07 Å². The third kappa shape index (κ3) is 2.73. The summed E-state index contributed by atoms with van der Waals surface area (Å²) in [4.78, 5) is 0. The Hall–Kier alpha value is -0.640. The Morgan fingerprint density at radius 2 is 2.38 bits per heavy atom. The van der Waals surface area contributed by atoms with Crippen molar-refractivity contribution in [3.8, 4) is 0 Å². The molecule has 1 saturated heterocycles. The maximum absolute atomic E-state index is 13.0. The zero-order valence-electron chi connectivity index (χ0n) is 9.22. The Kier molecular flexibility index (Phi) is 3.47. The number of rotatable bonds is 3. The van der Waals surface area contributed by atoms with Gasteiger partial charge in [0.15, 0.2) is 0 Å². The summed E-state index contributed by atoms with van der Waals surface area (Å²) in [6.45, 7) is 4.14. The van der Waals surface area contributed by atoms with E-state index in [1.165, 1.54) is 12.1 Å². The standard InChI is InChI=1S/C12H15ClFNO/c1-12(4-5-16-8-12)15-7-9-6-10(14)2-3-11(9)13/h2-3,6,15H,4-5,7-8H2,1H3. The highest BCUT2D eigenvalue weighted by Crippen LogP contribution is 2.21. The summed E-state index contributed by atoms with van der Waals surface area (Å²) in [5.74, 6) is -0.256. The Bertz CT molecular complexity index is 377. The van der Waals surface area contributed by atoms with E-state index < -0.39 is 0 Å². The lowest BCUT2D eigenvalue weighted by atomic mass is 10.0. The molecule has 88 valence electrons. The number of hydrogen-bond acceptors (Lipinski definition) is 2. The van der Waals surface area contributed by atoms with Crippen molar-refractivity contribution in [2.75, 3.05) is 13.2 Å². The molecular formula is C12H15ClFNO. The van der Waals surface area contributed by atoms with Gasteiger partial charge in [0.05, 0.1) is 6.61 Å². The van der Waals surface area contributed by atoms with E-state index >= 15 is 0 Å². The maximum Gasteiger partial charge on any atom is 0.123 e. The summed E-state index contributed by atoms with van der Waals surface area (Å²) in [5, 5.41) is 3.96. The average Bonchev–Trinajstić information content (AvgIpc) is 2.67. The minimum Gasteiger partial charge on any atom is -0.379 e. The van der Waals surface area contributed by atoms with Crippen molar-refractivity contribution in [3.63, 3.8) is 0 Å². The van der Waals surface area contributed by atoms with Crippen molar-refractivity contribution in [3.05, 3.63) is 34.6 Å². The SMILES string of the molecule is CC1(NCc2cc(F)ccc2Cl)CCOC1. The Balaban J connectivity index is 2.01. The third-order valence-electron chi connectivity index (χ3n) is 2.93. The molecule has 0 aliphatic carbocycles. The van der Waals surface area contributed by atoms with Gasteiger partial charge in [0.1, 0.15) is 5.82 Å². The maximum atomic E-state index is 13.0. The molecule has 2 rings (SSSR count). The first-order valence-electron chi connectivity index (χ1n) is 5.36. The van der Waals surface area contributed by atoms with Crippen molar-refractivity contribution in [1.29, 1.82) is 0 Å². The van der Waals surface area contributed by atoms with Gasteiger partial charge in [-0.05, 0) is 37.1 Å². The predicted octanol–water partition coefficient (Wildman–Crippen LogP) is 2.75. The fraction of sp³-hybridized carbons (Fsp3) is 0.500. The highest BCUT2D eigenvalue weighted by molar-refractivity contribution is 6.31. The predicted molar refractivity (Wildman–Crippen MR) is 62.1 cm³/mol. The van der Waals surface area contributed by atoms with Gasteiger partial charge >= 0.3 is 0 Å². The molecule has 1 fully saturated rings. The van der Waals surface area contributed by atoms with Crippen LogP contribution in [0.25, 0.3) is 0 Å². The normalized spacial score (nSPS) is 24.9. The molecule has 0 radical (unpaired) electrons. The van der Waals surface area contributed by atoms with E-state index in [4.69, 9.17) is 16.3 Å². The van der Waals surface area contributed by atoms with Crippen LogP contribution in [-0.2, 0) is 11.3 Å². The lowest BCUT2D eigenvalue weighted by Gasteiger charge is -2.23. The molecule has 16 heavy (non-hydrogen) atoms. The van der Waals surface area contributed by atoms with Crippen LogP contribution in [0.3, 0.4) is 0 Å². The minimum atomic E-state index is -0.256. The molecule has 0 spiro atoms. The highest BCUT2D eigenvalue weighted by Gasteiger charge is 2.28. The minimum absolute atomic E-state index is 0.0182.